The number of hydrogen-bond donors (Lipinski definition) is 3. The van der Waals surface area contributed by atoms with Crippen molar-refractivity contribution < 1.29 is 0 Å². The van der Waals surface area contributed by atoms with Crippen molar-refractivity contribution in [3.8, 4) is 22.8 Å². The van der Waals surface area contributed by atoms with E-state index >= 15 is 0 Å². The first-order chi connectivity index (χ1) is 11.4. The molecule has 0 spiro atoms. The largest absolute Gasteiger partial charge is 0.290 e. The van der Waals surface area contributed by atoms with Crippen LogP contribution in [-0.2, 0) is 0 Å². The molecular weight excluding hydrogens is 290 g/mol. The fourth-order valence-electron chi connectivity index (χ4n) is 2.19. The summed E-state index contributed by atoms with van der Waals surface area (Å²) in [7, 11) is 0. The van der Waals surface area contributed by atoms with E-state index in [2.05, 4.69) is 35.7 Å². The summed E-state index contributed by atoms with van der Waals surface area (Å²) in [6.45, 7) is 0. The van der Waals surface area contributed by atoms with Gasteiger partial charge in [-0.3, -0.25) is 15.5 Å². The van der Waals surface area contributed by atoms with Gasteiger partial charge in [-0.05, 0) is 0 Å². The molecule has 0 unspecified atom stereocenters. The van der Waals surface area contributed by atoms with Gasteiger partial charge in [-0.25, -0.2) is 0 Å². The molecule has 2 aromatic heterocycles. The Kier molecular flexibility index (Phi) is 3.28. The lowest BCUT2D eigenvalue weighted by Gasteiger charge is -1.94. The minimum Gasteiger partial charge on any atom is -0.290 e. The normalized spacial score (nSPS) is 10.6. The van der Waals surface area contributed by atoms with Gasteiger partial charge in [0.2, 0.25) is 11.9 Å². The lowest BCUT2D eigenvalue weighted by molar-refractivity contribution is 1.07. The monoisotopic (exact) mass is 303 g/mol. The standard InChI is InChI=1S/C16H13N7/c1-3-7-11(8-4-1)13-17-15(22-20-13)19-16-18-14(21-23-16)12-9-5-2-6-10-12/h1-10H,(H3,17,18,19,20,21,22,23). The van der Waals surface area contributed by atoms with Crippen LogP contribution in [0.15, 0.2) is 60.7 Å². The lowest BCUT2D eigenvalue weighted by atomic mass is 10.2. The molecule has 0 aliphatic rings. The molecule has 0 fully saturated rings. The molecule has 0 atom stereocenters. The SMILES string of the molecule is c1ccc(-c2nc(Nc3n[nH]c(-c4ccccc4)n3)n[nH]2)cc1. The molecule has 0 aliphatic heterocycles. The Balaban J connectivity index is 1.53. The first kappa shape index (κ1) is 13.2. The van der Waals surface area contributed by atoms with Crippen molar-refractivity contribution in [2.24, 2.45) is 0 Å². The maximum atomic E-state index is 4.39. The van der Waals surface area contributed by atoms with Crippen LogP contribution in [0, 0.1) is 0 Å². The average Bonchev–Trinajstić information content (AvgIpc) is 3.27. The number of aromatic nitrogens is 6. The minimum absolute atomic E-state index is 0.419. The Morgan fingerprint density at radius 2 is 1.04 bits per heavy atom. The Bertz CT molecular complexity index is 821. The van der Waals surface area contributed by atoms with Crippen LogP contribution >= 0.6 is 0 Å². The van der Waals surface area contributed by atoms with Crippen LogP contribution < -0.4 is 5.32 Å². The highest BCUT2D eigenvalue weighted by Gasteiger charge is 2.09. The molecule has 4 rings (SSSR count). The van der Waals surface area contributed by atoms with Crippen molar-refractivity contribution in [1.82, 2.24) is 30.4 Å². The first-order valence-electron chi connectivity index (χ1n) is 7.11. The molecule has 4 aromatic rings. The molecule has 112 valence electrons. The second-order valence-corrected chi connectivity index (χ2v) is 4.87. The van der Waals surface area contributed by atoms with Gasteiger partial charge in [0.1, 0.15) is 0 Å². The fraction of sp³-hybridized carbons (Fsp3) is 0. The molecule has 2 heterocycles. The average molecular weight is 303 g/mol. The Labute approximate surface area is 131 Å². The number of anilines is 2. The maximum Gasteiger partial charge on any atom is 0.249 e. The van der Waals surface area contributed by atoms with Crippen molar-refractivity contribution in [1.29, 1.82) is 0 Å². The third kappa shape index (κ3) is 2.80. The molecule has 0 aliphatic carbocycles. The van der Waals surface area contributed by atoms with E-state index in [0.29, 0.717) is 23.5 Å². The van der Waals surface area contributed by atoms with Crippen LogP contribution in [-0.4, -0.2) is 30.4 Å². The van der Waals surface area contributed by atoms with Gasteiger partial charge in [0.25, 0.3) is 0 Å². The highest BCUT2D eigenvalue weighted by molar-refractivity contribution is 5.59. The van der Waals surface area contributed by atoms with Gasteiger partial charge in [0, 0.05) is 11.1 Å². The zero-order chi connectivity index (χ0) is 15.5. The van der Waals surface area contributed by atoms with E-state index in [0.717, 1.165) is 11.1 Å². The number of rotatable bonds is 4. The molecule has 0 saturated carbocycles. The quantitative estimate of drug-likeness (QED) is 0.538. The van der Waals surface area contributed by atoms with E-state index in [1.165, 1.54) is 0 Å². The molecule has 2 aromatic carbocycles. The Hall–Kier alpha value is -3.48. The second kappa shape index (κ2) is 5.72. The van der Waals surface area contributed by atoms with Gasteiger partial charge >= 0.3 is 0 Å². The van der Waals surface area contributed by atoms with Crippen molar-refractivity contribution in [3.63, 3.8) is 0 Å². The second-order valence-electron chi connectivity index (χ2n) is 4.87. The van der Waals surface area contributed by atoms with E-state index in [9.17, 15) is 0 Å². The van der Waals surface area contributed by atoms with Crippen LogP contribution in [0.25, 0.3) is 22.8 Å². The van der Waals surface area contributed by atoms with E-state index in [1.54, 1.807) is 0 Å². The van der Waals surface area contributed by atoms with Gasteiger partial charge in [0.15, 0.2) is 11.6 Å². The fourth-order valence-corrected chi connectivity index (χ4v) is 2.19. The minimum atomic E-state index is 0.419. The van der Waals surface area contributed by atoms with E-state index < -0.39 is 0 Å². The zero-order valence-electron chi connectivity index (χ0n) is 12.1. The molecule has 0 saturated heterocycles. The highest BCUT2D eigenvalue weighted by Crippen LogP contribution is 2.18. The number of nitrogens with one attached hydrogen (secondary N) is 3. The summed E-state index contributed by atoms with van der Waals surface area (Å²) in [6, 6.07) is 19.6. The number of hydrogen-bond acceptors (Lipinski definition) is 5. The summed E-state index contributed by atoms with van der Waals surface area (Å²) >= 11 is 0. The Morgan fingerprint density at radius 3 is 1.48 bits per heavy atom. The van der Waals surface area contributed by atoms with Crippen molar-refractivity contribution in [2.45, 2.75) is 0 Å². The third-order valence-electron chi connectivity index (χ3n) is 3.29. The van der Waals surface area contributed by atoms with Crippen molar-refractivity contribution in [2.75, 3.05) is 5.32 Å². The maximum absolute atomic E-state index is 4.39. The van der Waals surface area contributed by atoms with E-state index in [-0.39, 0.29) is 0 Å². The third-order valence-corrected chi connectivity index (χ3v) is 3.29. The highest BCUT2D eigenvalue weighted by atomic mass is 15.4. The predicted octanol–water partition coefficient (Wildman–Crippen LogP) is 3.00. The topological polar surface area (TPSA) is 95.2 Å². The van der Waals surface area contributed by atoms with Crippen molar-refractivity contribution >= 4 is 11.9 Å². The summed E-state index contributed by atoms with van der Waals surface area (Å²) in [5.41, 5.74) is 1.93. The summed E-state index contributed by atoms with van der Waals surface area (Å²) in [5.74, 6) is 2.21. The number of aromatic amines is 2. The van der Waals surface area contributed by atoms with Crippen LogP contribution in [0.4, 0.5) is 11.9 Å². The van der Waals surface area contributed by atoms with Crippen LogP contribution in [0.5, 0.6) is 0 Å². The molecule has 0 bridgehead atoms. The number of nitrogens with zero attached hydrogens (tertiary/aromatic N) is 4. The Morgan fingerprint density at radius 1 is 0.609 bits per heavy atom. The molecule has 3 N–H and O–H groups in total. The van der Waals surface area contributed by atoms with Crippen LogP contribution in [0.3, 0.4) is 0 Å². The first-order valence-corrected chi connectivity index (χ1v) is 7.11. The van der Waals surface area contributed by atoms with Gasteiger partial charge in [-0.2, -0.15) is 9.97 Å². The molecule has 7 nitrogen and oxygen atoms in total. The van der Waals surface area contributed by atoms with Crippen LogP contribution in [0.2, 0.25) is 0 Å². The predicted molar refractivity (Wildman–Crippen MR) is 86.9 cm³/mol. The van der Waals surface area contributed by atoms with Crippen LogP contribution in [0.1, 0.15) is 0 Å². The summed E-state index contributed by atoms with van der Waals surface area (Å²) in [4.78, 5) is 8.77. The zero-order valence-corrected chi connectivity index (χ0v) is 12.1. The molecule has 0 radical (unpaired) electrons. The van der Waals surface area contributed by atoms with E-state index in [1.807, 2.05) is 60.7 Å². The smallest absolute Gasteiger partial charge is 0.249 e. The molecule has 23 heavy (non-hydrogen) atoms. The van der Waals surface area contributed by atoms with Gasteiger partial charge in [0.05, 0.1) is 0 Å². The lowest BCUT2D eigenvalue weighted by Crippen LogP contribution is -1.94. The molecular formula is C16H13N7. The molecule has 0 amide bonds. The summed E-state index contributed by atoms with van der Waals surface area (Å²) < 4.78 is 0. The number of H-pyrrole nitrogens is 2. The van der Waals surface area contributed by atoms with Crippen molar-refractivity contribution in [3.05, 3.63) is 60.7 Å². The summed E-state index contributed by atoms with van der Waals surface area (Å²) in [5, 5.41) is 17.0. The van der Waals surface area contributed by atoms with Gasteiger partial charge in [-0.15, -0.1) is 10.2 Å². The van der Waals surface area contributed by atoms with E-state index in [4.69, 9.17) is 0 Å². The molecule has 7 heteroatoms. The van der Waals surface area contributed by atoms with Gasteiger partial charge in [-0.1, -0.05) is 60.7 Å². The van der Waals surface area contributed by atoms with Gasteiger partial charge < -0.3 is 0 Å². The number of benzene rings is 2. The summed E-state index contributed by atoms with van der Waals surface area (Å²) in [6.07, 6.45) is 0.